The number of halogens is 5. The number of aryl methyl sites for hydroxylation is 1. The summed E-state index contributed by atoms with van der Waals surface area (Å²) in [5.41, 5.74) is -1.01. The fourth-order valence-corrected chi connectivity index (χ4v) is 5.49. The molecule has 5 rings (SSSR count). The molecule has 2 aliphatic heterocycles. The van der Waals surface area contributed by atoms with E-state index in [9.17, 15) is 22.4 Å². The Morgan fingerprint density at radius 2 is 1.75 bits per heavy atom. The van der Waals surface area contributed by atoms with Crippen LogP contribution in [-0.4, -0.2) is 95.5 Å². The number of rotatable bonds is 7. The minimum absolute atomic E-state index is 0.0397. The second-order valence-electron chi connectivity index (χ2n) is 12.1. The highest BCUT2D eigenvalue weighted by atomic mass is 35.5. The van der Waals surface area contributed by atoms with Crippen LogP contribution in [0.2, 0.25) is 5.02 Å². The normalized spacial score (nSPS) is 16.8. The Bertz CT molecular complexity index is 1520. The number of carbonyl (C=O) groups excluding carboxylic acids is 1. The summed E-state index contributed by atoms with van der Waals surface area (Å²) in [7, 11) is 0. The molecule has 4 heterocycles. The monoisotopic (exact) mass is 638 g/mol. The van der Waals surface area contributed by atoms with Crippen LogP contribution in [-0.2, 0) is 10.9 Å². The van der Waals surface area contributed by atoms with Gasteiger partial charge in [0.15, 0.2) is 0 Å². The lowest BCUT2D eigenvalue weighted by Gasteiger charge is -2.37. The number of benzene rings is 1. The number of alkyl halides is 4. The van der Waals surface area contributed by atoms with Crippen LogP contribution >= 0.6 is 11.6 Å². The Kier molecular flexibility index (Phi) is 9.08. The summed E-state index contributed by atoms with van der Waals surface area (Å²) < 4.78 is 66.1. The number of likely N-dealkylation sites (tertiary alicyclic amines) is 1. The number of carbonyl (C=O) groups is 1. The number of aromatic nitrogens is 3. The van der Waals surface area contributed by atoms with Crippen molar-refractivity contribution in [3.05, 3.63) is 40.5 Å². The Hall–Kier alpha value is -3.45. The van der Waals surface area contributed by atoms with E-state index in [0.29, 0.717) is 68.2 Å². The maximum atomic E-state index is 14.0. The Balaban J connectivity index is 1.48. The van der Waals surface area contributed by atoms with Crippen molar-refractivity contribution in [2.75, 3.05) is 64.0 Å². The van der Waals surface area contributed by atoms with Gasteiger partial charge in [0.05, 0.1) is 28.5 Å². The van der Waals surface area contributed by atoms with Crippen LogP contribution in [0.15, 0.2) is 24.3 Å². The second-order valence-corrected chi connectivity index (χ2v) is 12.5. The maximum Gasteiger partial charge on any atom is 0.418 e. The zero-order valence-corrected chi connectivity index (χ0v) is 25.8. The number of nitrogens with zero attached hydrogens (tertiary/aromatic N) is 6. The SMILES string of the molecule is Cc1ccc(C(F)(F)F)c(-c2cc3nc(OCCN4CC(CF)C4)nc(N4CCN(C(=O)OC(C)(C)C)CC4)c3cc2Cl)n1. The highest BCUT2D eigenvalue weighted by Crippen LogP contribution is 2.41. The summed E-state index contributed by atoms with van der Waals surface area (Å²) in [6.45, 7) is 10.3. The van der Waals surface area contributed by atoms with Crippen LogP contribution in [0.25, 0.3) is 22.2 Å². The van der Waals surface area contributed by atoms with Crippen LogP contribution < -0.4 is 9.64 Å². The molecule has 14 heteroatoms. The smallest absolute Gasteiger partial charge is 0.418 e. The van der Waals surface area contributed by atoms with Gasteiger partial charge in [-0.25, -0.2) is 4.79 Å². The zero-order chi connectivity index (χ0) is 31.8. The molecule has 0 atom stereocenters. The Morgan fingerprint density at radius 1 is 1.05 bits per heavy atom. The number of hydrogen-bond acceptors (Lipinski definition) is 8. The van der Waals surface area contributed by atoms with Crippen molar-refractivity contribution in [1.82, 2.24) is 24.8 Å². The molecule has 3 aromatic rings. The van der Waals surface area contributed by atoms with E-state index in [-0.39, 0.29) is 41.5 Å². The van der Waals surface area contributed by atoms with Gasteiger partial charge in [-0.05, 0) is 52.0 Å². The van der Waals surface area contributed by atoms with E-state index < -0.39 is 23.4 Å². The van der Waals surface area contributed by atoms with Crippen molar-refractivity contribution < 1.29 is 31.8 Å². The van der Waals surface area contributed by atoms with Gasteiger partial charge in [0.2, 0.25) is 0 Å². The molecule has 1 aromatic carbocycles. The molecular formula is C30H35ClF4N6O3. The first-order chi connectivity index (χ1) is 20.7. The van der Waals surface area contributed by atoms with E-state index in [0.717, 1.165) is 6.07 Å². The van der Waals surface area contributed by atoms with Gasteiger partial charge < -0.3 is 19.3 Å². The summed E-state index contributed by atoms with van der Waals surface area (Å²) in [5.74, 6) is 0.523. The number of ether oxygens (including phenoxy) is 2. The van der Waals surface area contributed by atoms with Crippen LogP contribution in [0.3, 0.4) is 0 Å². The van der Waals surface area contributed by atoms with Crippen molar-refractivity contribution >= 4 is 34.4 Å². The summed E-state index contributed by atoms with van der Waals surface area (Å²) in [6.07, 6.45) is -5.06. The van der Waals surface area contributed by atoms with Crippen molar-refractivity contribution in [2.24, 2.45) is 5.92 Å². The van der Waals surface area contributed by atoms with Crippen LogP contribution in [0, 0.1) is 12.8 Å². The molecule has 238 valence electrons. The standard InChI is InChI=1S/C30H35ClF4N6O3/c1-18-5-6-22(30(33,34)35)25(36-18)20-14-24-21(13-23(20)31)26(38-27(37-24)43-12-11-39-16-19(15-32)17-39)40-7-9-41(10-8-40)28(42)44-29(2,3)4/h5-6,13-14,19H,7-12,15-17H2,1-4H3. The lowest BCUT2D eigenvalue weighted by Crippen LogP contribution is -2.50. The van der Waals surface area contributed by atoms with Crippen LogP contribution in [0.4, 0.5) is 28.2 Å². The predicted octanol–water partition coefficient (Wildman–Crippen LogP) is 6.01. The van der Waals surface area contributed by atoms with E-state index in [1.165, 1.54) is 12.1 Å². The summed E-state index contributed by atoms with van der Waals surface area (Å²) >= 11 is 6.64. The molecule has 9 nitrogen and oxygen atoms in total. The van der Waals surface area contributed by atoms with Gasteiger partial charge in [0, 0.05) is 68.4 Å². The molecule has 0 unspecified atom stereocenters. The van der Waals surface area contributed by atoms with Crippen molar-refractivity contribution in [3.63, 3.8) is 0 Å². The van der Waals surface area contributed by atoms with E-state index >= 15 is 0 Å². The Labute approximate surface area is 258 Å². The molecule has 44 heavy (non-hydrogen) atoms. The molecule has 0 bridgehead atoms. The minimum Gasteiger partial charge on any atom is -0.462 e. The Morgan fingerprint density at radius 3 is 2.39 bits per heavy atom. The quantitative estimate of drug-likeness (QED) is 0.291. The van der Waals surface area contributed by atoms with Gasteiger partial charge in [-0.2, -0.15) is 23.1 Å². The van der Waals surface area contributed by atoms with Gasteiger partial charge in [-0.1, -0.05) is 11.6 Å². The molecule has 2 saturated heterocycles. The van der Waals surface area contributed by atoms with Crippen molar-refractivity contribution in [2.45, 2.75) is 39.5 Å². The topological polar surface area (TPSA) is 83.9 Å². The first-order valence-electron chi connectivity index (χ1n) is 14.4. The van der Waals surface area contributed by atoms with Gasteiger partial charge in [0.25, 0.3) is 0 Å². The molecule has 2 aliphatic rings. The molecule has 0 N–H and O–H groups in total. The number of anilines is 1. The van der Waals surface area contributed by atoms with Crippen molar-refractivity contribution in [3.8, 4) is 17.3 Å². The van der Waals surface area contributed by atoms with E-state index in [1.54, 1.807) is 38.7 Å². The van der Waals surface area contributed by atoms with Crippen LogP contribution in [0.1, 0.15) is 32.0 Å². The third-order valence-electron chi connectivity index (χ3n) is 7.46. The molecule has 2 fully saturated rings. The molecular weight excluding hydrogens is 604 g/mol. The maximum absolute atomic E-state index is 14.0. The lowest BCUT2D eigenvalue weighted by molar-refractivity contribution is -0.137. The van der Waals surface area contributed by atoms with Gasteiger partial charge in [-0.15, -0.1) is 0 Å². The average molecular weight is 639 g/mol. The summed E-state index contributed by atoms with van der Waals surface area (Å²) in [5, 5.41) is 0.582. The first kappa shape index (κ1) is 32.0. The fourth-order valence-electron chi connectivity index (χ4n) is 5.24. The van der Waals surface area contributed by atoms with E-state index in [4.69, 9.17) is 21.1 Å². The van der Waals surface area contributed by atoms with Crippen molar-refractivity contribution in [1.29, 1.82) is 0 Å². The molecule has 0 radical (unpaired) electrons. The second kappa shape index (κ2) is 12.5. The summed E-state index contributed by atoms with van der Waals surface area (Å²) in [4.78, 5) is 31.6. The molecule has 1 amide bonds. The molecule has 2 aromatic heterocycles. The highest BCUT2D eigenvalue weighted by molar-refractivity contribution is 6.34. The third kappa shape index (κ3) is 7.26. The number of hydrogen-bond donors (Lipinski definition) is 0. The zero-order valence-electron chi connectivity index (χ0n) is 25.0. The number of piperazine rings is 1. The average Bonchev–Trinajstić information content (AvgIpc) is 2.92. The largest absolute Gasteiger partial charge is 0.462 e. The van der Waals surface area contributed by atoms with Crippen LogP contribution in [0.5, 0.6) is 6.01 Å². The van der Waals surface area contributed by atoms with Gasteiger partial charge in [-0.3, -0.25) is 14.3 Å². The third-order valence-corrected chi connectivity index (χ3v) is 7.77. The first-order valence-corrected chi connectivity index (χ1v) is 14.8. The fraction of sp³-hybridized carbons (Fsp3) is 0.533. The minimum atomic E-state index is -4.65. The van der Waals surface area contributed by atoms with E-state index in [1.807, 2.05) is 4.90 Å². The van der Waals surface area contributed by atoms with Gasteiger partial charge >= 0.3 is 18.3 Å². The number of pyridine rings is 1. The molecule has 0 aliphatic carbocycles. The molecule has 0 spiro atoms. The number of fused-ring (bicyclic) bond motifs is 1. The molecule has 0 saturated carbocycles. The van der Waals surface area contributed by atoms with Gasteiger partial charge in [0.1, 0.15) is 18.0 Å². The highest BCUT2D eigenvalue weighted by Gasteiger charge is 2.35. The number of amides is 1. The predicted molar refractivity (Wildman–Crippen MR) is 159 cm³/mol. The summed E-state index contributed by atoms with van der Waals surface area (Å²) in [6, 6.07) is 5.37. The lowest BCUT2D eigenvalue weighted by atomic mass is 10.0. The van der Waals surface area contributed by atoms with E-state index in [2.05, 4.69) is 19.9 Å².